The van der Waals surface area contributed by atoms with E-state index in [1.165, 1.54) is 18.3 Å². The van der Waals surface area contributed by atoms with Gasteiger partial charge >= 0.3 is 0 Å². The number of nitrogens with zero attached hydrogens (tertiary/aromatic N) is 3. The summed E-state index contributed by atoms with van der Waals surface area (Å²) in [7, 11) is 0. The summed E-state index contributed by atoms with van der Waals surface area (Å²) in [6, 6.07) is 3.09. The van der Waals surface area contributed by atoms with Crippen LogP contribution in [0.2, 0.25) is 5.02 Å². The summed E-state index contributed by atoms with van der Waals surface area (Å²) >= 11 is 5.91. The van der Waals surface area contributed by atoms with Gasteiger partial charge in [0.2, 0.25) is 0 Å². The number of halogens is 4. The Balaban J connectivity index is 2.22. The maximum atomic E-state index is 14.4. The highest BCUT2D eigenvalue weighted by molar-refractivity contribution is 6.31. The van der Waals surface area contributed by atoms with Gasteiger partial charge in [0.25, 0.3) is 0 Å². The Morgan fingerprint density at radius 2 is 1.88 bits per heavy atom. The molecule has 0 bridgehead atoms. The van der Waals surface area contributed by atoms with Crippen LogP contribution in [0.1, 0.15) is 18.7 Å². The molecule has 2 aromatic heterocycles. The van der Waals surface area contributed by atoms with Crippen LogP contribution >= 0.6 is 11.6 Å². The Morgan fingerprint density at radius 1 is 1.12 bits per heavy atom. The second-order valence-electron chi connectivity index (χ2n) is 5.27. The van der Waals surface area contributed by atoms with Crippen LogP contribution in [0.4, 0.5) is 13.2 Å². The summed E-state index contributed by atoms with van der Waals surface area (Å²) in [5.74, 6) is -1.98. The molecule has 0 saturated carbocycles. The van der Waals surface area contributed by atoms with Gasteiger partial charge in [-0.05, 0) is 25.1 Å². The molecule has 0 amide bonds. The van der Waals surface area contributed by atoms with Crippen molar-refractivity contribution >= 4 is 11.6 Å². The van der Waals surface area contributed by atoms with Gasteiger partial charge in [0, 0.05) is 28.4 Å². The number of pyridine rings is 1. The topological polar surface area (TPSA) is 56.7 Å². The minimum Gasteiger partial charge on any atom is -0.323 e. The Morgan fingerprint density at radius 3 is 2.46 bits per heavy atom. The SMILES string of the molecule is CC(N)c1ncc(-c2cc(Cl)cc(F)c2-n2cc(F)cn2)cc1F. The Kier molecular flexibility index (Phi) is 4.29. The van der Waals surface area contributed by atoms with Crippen LogP contribution in [-0.2, 0) is 0 Å². The van der Waals surface area contributed by atoms with Gasteiger partial charge in [-0.25, -0.2) is 17.9 Å². The number of hydrogen-bond acceptors (Lipinski definition) is 3. The third kappa shape index (κ3) is 3.00. The lowest BCUT2D eigenvalue weighted by Gasteiger charge is -2.13. The lowest BCUT2D eigenvalue weighted by Crippen LogP contribution is -2.10. The zero-order valence-electron chi connectivity index (χ0n) is 12.5. The standard InChI is InChI=1S/C16H12ClF3N4/c1-8(21)15-13(19)2-9(5-22-15)12-3-10(17)4-14(20)16(12)24-7-11(18)6-23-24/h2-8H,21H2,1H3. The molecule has 124 valence electrons. The van der Waals surface area contributed by atoms with Crippen molar-refractivity contribution in [1.82, 2.24) is 14.8 Å². The van der Waals surface area contributed by atoms with E-state index in [1.54, 1.807) is 6.92 Å². The first-order valence-corrected chi connectivity index (χ1v) is 7.35. The minimum absolute atomic E-state index is 0.0574. The fourth-order valence-corrected chi connectivity index (χ4v) is 2.58. The molecule has 4 nitrogen and oxygen atoms in total. The van der Waals surface area contributed by atoms with E-state index in [-0.39, 0.29) is 27.5 Å². The number of aromatic nitrogens is 3. The average Bonchev–Trinajstić information content (AvgIpc) is 2.92. The Hall–Kier alpha value is -2.38. The largest absolute Gasteiger partial charge is 0.323 e. The summed E-state index contributed by atoms with van der Waals surface area (Å²) in [5.41, 5.74) is 6.16. The van der Waals surface area contributed by atoms with E-state index in [2.05, 4.69) is 10.1 Å². The number of nitrogens with two attached hydrogens (primary N) is 1. The summed E-state index contributed by atoms with van der Waals surface area (Å²) in [6.07, 6.45) is 3.31. The smallest absolute Gasteiger partial charge is 0.161 e. The number of rotatable bonds is 3. The van der Waals surface area contributed by atoms with Crippen molar-refractivity contribution in [3.8, 4) is 16.8 Å². The summed E-state index contributed by atoms with van der Waals surface area (Å²) in [4.78, 5) is 3.98. The molecule has 1 atom stereocenters. The molecule has 24 heavy (non-hydrogen) atoms. The Labute approximate surface area is 140 Å². The second-order valence-corrected chi connectivity index (χ2v) is 5.70. The highest BCUT2D eigenvalue weighted by atomic mass is 35.5. The van der Waals surface area contributed by atoms with Crippen LogP contribution in [0.25, 0.3) is 16.8 Å². The lowest BCUT2D eigenvalue weighted by molar-refractivity contribution is 0.579. The van der Waals surface area contributed by atoms with Gasteiger partial charge in [0.1, 0.15) is 11.5 Å². The molecule has 0 spiro atoms. The quantitative estimate of drug-likeness (QED) is 0.774. The van der Waals surface area contributed by atoms with Gasteiger partial charge in [0.15, 0.2) is 11.6 Å². The lowest BCUT2D eigenvalue weighted by atomic mass is 10.0. The monoisotopic (exact) mass is 352 g/mol. The van der Waals surface area contributed by atoms with Crippen molar-refractivity contribution in [2.45, 2.75) is 13.0 Å². The molecule has 2 heterocycles. The van der Waals surface area contributed by atoms with E-state index in [1.807, 2.05) is 0 Å². The summed E-state index contributed by atoms with van der Waals surface area (Å²) in [5, 5.41) is 3.86. The zero-order chi connectivity index (χ0) is 17.4. The molecule has 3 aromatic rings. The van der Waals surface area contributed by atoms with Crippen LogP contribution in [0, 0.1) is 17.5 Å². The molecular weight excluding hydrogens is 341 g/mol. The first kappa shape index (κ1) is 16.5. The van der Waals surface area contributed by atoms with Gasteiger partial charge < -0.3 is 5.73 Å². The van der Waals surface area contributed by atoms with Crippen molar-refractivity contribution in [2.24, 2.45) is 5.73 Å². The molecule has 8 heteroatoms. The predicted molar refractivity (Wildman–Crippen MR) is 84.3 cm³/mol. The van der Waals surface area contributed by atoms with Crippen LogP contribution in [-0.4, -0.2) is 14.8 Å². The summed E-state index contributed by atoms with van der Waals surface area (Å²) < 4.78 is 42.8. The number of hydrogen-bond donors (Lipinski definition) is 1. The van der Waals surface area contributed by atoms with Gasteiger partial charge in [0.05, 0.1) is 18.1 Å². The Bertz CT molecular complexity index is 908. The van der Waals surface area contributed by atoms with Crippen molar-refractivity contribution in [3.63, 3.8) is 0 Å². The zero-order valence-corrected chi connectivity index (χ0v) is 13.2. The van der Waals surface area contributed by atoms with E-state index in [0.29, 0.717) is 0 Å². The molecule has 0 saturated heterocycles. The van der Waals surface area contributed by atoms with E-state index in [0.717, 1.165) is 23.1 Å². The molecule has 3 rings (SSSR count). The van der Waals surface area contributed by atoms with E-state index in [4.69, 9.17) is 17.3 Å². The first-order valence-electron chi connectivity index (χ1n) is 6.98. The second kappa shape index (κ2) is 6.26. The van der Waals surface area contributed by atoms with Gasteiger partial charge in [-0.3, -0.25) is 4.98 Å². The molecule has 2 N–H and O–H groups in total. The van der Waals surface area contributed by atoms with Crippen molar-refractivity contribution in [1.29, 1.82) is 0 Å². The third-order valence-electron chi connectivity index (χ3n) is 3.42. The highest BCUT2D eigenvalue weighted by Gasteiger charge is 2.18. The molecular formula is C16H12ClF3N4. The maximum absolute atomic E-state index is 14.4. The van der Waals surface area contributed by atoms with Crippen LogP contribution in [0.15, 0.2) is 36.8 Å². The van der Waals surface area contributed by atoms with Crippen molar-refractivity contribution in [2.75, 3.05) is 0 Å². The van der Waals surface area contributed by atoms with Gasteiger partial charge in [-0.2, -0.15) is 5.10 Å². The first-order chi connectivity index (χ1) is 11.4. The minimum atomic E-state index is -0.725. The summed E-state index contributed by atoms with van der Waals surface area (Å²) in [6.45, 7) is 1.60. The molecule has 0 fully saturated rings. The van der Waals surface area contributed by atoms with E-state index >= 15 is 0 Å². The normalized spacial score (nSPS) is 12.4. The third-order valence-corrected chi connectivity index (χ3v) is 3.64. The van der Waals surface area contributed by atoms with Crippen molar-refractivity contribution in [3.05, 3.63) is 65.0 Å². The molecule has 0 radical (unpaired) electrons. The number of benzene rings is 1. The highest BCUT2D eigenvalue weighted by Crippen LogP contribution is 2.32. The fraction of sp³-hybridized carbons (Fsp3) is 0.125. The molecule has 0 aliphatic carbocycles. The van der Waals surface area contributed by atoms with Crippen LogP contribution < -0.4 is 5.73 Å². The molecule has 0 aliphatic rings. The molecule has 1 aromatic carbocycles. The van der Waals surface area contributed by atoms with Crippen LogP contribution in [0.3, 0.4) is 0 Å². The average molecular weight is 353 g/mol. The molecule has 1 unspecified atom stereocenters. The predicted octanol–water partition coefficient (Wildman–Crippen LogP) is 4.02. The molecule has 0 aliphatic heterocycles. The van der Waals surface area contributed by atoms with Crippen LogP contribution in [0.5, 0.6) is 0 Å². The van der Waals surface area contributed by atoms with E-state index < -0.39 is 23.5 Å². The van der Waals surface area contributed by atoms with Gasteiger partial charge in [-0.1, -0.05) is 11.6 Å². The van der Waals surface area contributed by atoms with E-state index in [9.17, 15) is 13.2 Å². The fourth-order valence-electron chi connectivity index (χ4n) is 2.37. The van der Waals surface area contributed by atoms with Gasteiger partial charge in [-0.15, -0.1) is 0 Å². The maximum Gasteiger partial charge on any atom is 0.161 e. The van der Waals surface area contributed by atoms with Crippen molar-refractivity contribution < 1.29 is 13.2 Å².